The van der Waals surface area contributed by atoms with Crippen LogP contribution in [0.2, 0.25) is 0 Å². The van der Waals surface area contributed by atoms with Gasteiger partial charge in [-0.3, -0.25) is 9.59 Å². The summed E-state index contributed by atoms with van der Waals surface area (Å²) in [6, 6.07) is 12.4. The number of nitroso groups, excluding NO2 is 2. The van der Waals surface area contributed by atoms with Gasteiger partial charge in [0, 0.05) is 22.8 Å². The van der Waals surface area contributed by atoms with E-state index in [-0.39, 0.29) is 24.3 Å². The van der Waals surface area contributed by atoms with Gasteiger partial charge in [-0.2, -0.15) is 4.91 Å². The summed E-state index contributed by atoms with van der Waals surface area (Å²) in [5, 5.41) is 7.38. The number of hydrogen-bond acceptors (Lipinski definition) is 7. The number of aromatic nitrogens is 1. The number of halogens is 1. The van der Waals surface area contributed by atoms with E-state index >= 15 is 0 Å². The number of carbonyl (C=O) groups is 2. The van der Waals surface area contributed by atoms with Crippen LogP contribution in [0, 0.1) is 22.6 Å². The molecule has 0 saturated heterocycles. The maximum Gasteiger partial charge on any atom is 0.308 e. The first kappa shape index (κ1) is 26.5. The number of hydrogen-bond donors (Lipinski definition) is 1. The maximum absolute atomic E-state index is 13.6. The van der Waals surface area contributed by atoms with Crippen molar-refractivity contribution >= 4 is 21.7 Å². The number of rotatable bonds is 10. The largest absolute Gasteiger partial charge is 0.344 e. The van der Waals surface area contributed by atoms with Gasteiger partial charge in [-0.25, -0.2) is 12.8 Å². The molecule has 0 aliphatic rings. The van der Waals surface area contributed by atoms with Crippen LogP contribution in [0.15, 0.2) is 69.8 Å². The van der Waals surface area contributed by atoms with Crippen molar-refractivity contribution in [2.75, 3.05) is 12.8 Å². The van der Waals surface area contributed by atoms with Gasteiger partial charge in [-0.15, -0.1) is 4.91 Å². The zero-order valence-electron chi connectivity index (χ0n) is 19.5. The topological polar surface area (TPSA) is 144 Å². The zero-order chi connectivity index (χ0) is 26.5. The van der Waals surface area contributed by atoms with Gasteiger partial charge in [0.15, 0.2) is 9.84 Å². The molecule has 0 radical (unpaired) electrons. The van der Waals surface area contributed by atoms with Crippen LogP contribution in [0.5, 0.6) is 0 Å². The van der Waals surface area contributed by atoms with E-state index in [1.165, 1.54) is 24.3 Å². The SMILES string of the molecule is Cc1c(CC(=O)NC(CCN=O)C(=O)N=O)cc(-c2ccc(S(C)(=O)=O)cc2)n1-c1ccc(F)cc1. The molecule has 3 rings (SSSR count). The normalized spacial score (nSPS) is 12.1. The van der Waals surface area contributed by atoms with Crippen molar-refractivity contribution in [2.24, 2.45) is 10.4 Å². The summed E-state index contributed by atoms with van der Waals surface area (Å²) in [5.41, 5.74) is 3.09. The minimum atomic E-state index is -3.40. The zero-order valence-corrected chi connectivity index (χ0v) is 20.3. The molecule has 1 aromatic heterocycles. The molecule has 1 atom stereocenters. The molecule has 36 heavy (non-hydrogen) atoms. The Morgan fingerprint density at radius 3 is 2.25 bits per heavy atom. The third-order valence-electron chi connectivity index (χ3n) is 5.60. The van der Waals surface area contributed by atoms with Gasteiger partial charge >= 0.3 is 5.91 Å². The minimum Gasteiger partial charge on any atom is -0.344 e. The summed E-state index contributed by atoms with van der Waals surface area (Å²) < 4.78 is 39.0. The van der Waals surface area contributed by atoms with Crippen molar-refractivity contribution in [3.05, 3.63) is 81.5 Å². The second kappa shape index (κ2) is 11.1. The Hall–Kier alpha value is -4.06. The fourth-order valence-electron chi connectivity index (χ4n) is 3.77. The third-order valence-corrected chi connectivity index (χ3v) is 6.73. The molecule has 1 N–H and O–H groups in total. The average molecular weight is 515 g/mol. The number of carbonyl (C=O) groups excluding carboxylic acids is 2. The Morgan fingerprint density at radius 1 is 1.06 bits per heavy atom. The Bertz CT molecular complexity index is 1400. The Morgan fingerprint density at radius 2 is 1.69 bits per heavy atom. The van der Waals surface area contributed by atoms with Crippen LogP contribution in [0.1, 0.15) is 17.7 Å². The van der Waals surface area contributed by atoms with Gasteiger partial charge in [-0.1, -0.05) is 17.3 Å². The molecule has 1 heterocycles. The van der Waals surface area contributed by atoms with Gasteiger partial charge in [0.25, 0.3) is 0 Å². The molecule has 0 saturated carbocycles. The van der Waals surface area contributed by atoms with E-state index in [1.807, 2.05) is 0 Å². The second-order valence-electron chi connectivity index (χ2n) is 8.12. The molecular formula is C24H23FN4O6S. The molecule has 10 nitrogen and oxygen atoms in total. The standard InChI is InChI=1S/C24H23FN4O6S/c1-15-17(14-23(30)27-21(11-12-26-32)24(31)28-33)13-22(29(15)19-7-5-18(25)6-8-19)16-3-9-20(10-4-16)36(2,34)35/h3-10,13,21H,11-12,14H2,1-2H3,(H,27,30). The summed E-state index contributed by atoms with van der Waals surface area (Å²) >= 11 is 0. The van der Waals surface area contributed by atoms with Gasteiger partial charge in [0.05, 0.1) is 23.6 Å². The van der Waals surface area contributed by atoms with Gasteiger partial charge < -0.3 is 9.88 Å². The van der Waals surface area contributed by atoms with Gasteiger partial charge in [0.2, 0.25) is 5.91 Å². The van der Waals surface area contributed by atoms with Gasteiger partial charge in [-0.05, 0) is 66.9 Å². The fraction of sp³-hybridized carbons (Fsp3) is 0.250. The predicted octanol–water partition coefficient (Wildman–Crippen LogP) is 3.47. The molecule has 0 fully saturated rings. The van der Waals surface area contributed by atoms with Gasteiger partial charge in [0.1, 0.15) is 11.9 Å². The van der Waals surface area contributed by atoms with Crippen molar-refractivity contribution in [3.63, 3.8) is 0 Å². The van der Waals surface area contributed by atoms with E-state index in [9.17, 15) is 32.2 Å². The van der Waals surface area contributed by atoms with E-state index < -0.39 is 33.5 Å². The number of amides is 2. The highest BCUT2D eigenvalue weighted by molar-refractivity contribution is 7.90. The number of nitrogens with one attached hydrogen (secondary N) is 1. The molecule has 2 amide bonds. The summed E-state index contributed by atoms with van der Waals surface area (Å²) in [6.07, 6.45) is 0.770. The summed E-state index contributed by atoms with van der Waals surface area (Å²) in [5.74, 6) is -2.12. The first-order chi connectivity index (χ1) is 17.0. The van der Waals surface area contributed by atoms with E-state index in [0.29, 0.717) is 28.2 Å². The predicted molar refractivity (Wildman–Crippen MR) is 131 cm³/mol. The lowest BCUT2D eigenvalue weighted by atomic mass is 10.1. The smallest absolute Gasteiger partial charge is 0.308 e. The van der Waals surface area contributed by atoms with Crippen molar-refractivity contribution in [1.29, 1.82) is 0 Å². The van der Waals surface area contributed by atoms with Crippen molar-refractivity contribution in [1.82, 2.24) is 9.88 Å². The highest BCUT2D eigenvalue weighted by atomic mass is 32.2. The lowest BCUT2D eigenvalue weighted by molar-refractivity contribution is -0.127. The lowest BCUT2D eigenvalue weighted by Gasteiger charge is -2.14. The lowest BCUT2D eigenvalue weighted by Crippen LogP contribution is -2.41. The van der Waals surface area contributed by atoms with Crippen LogP contribution in [0.25, 0.3) is 16.9 Å². The van der Waals surface area contributed by atoms with E-state index in [0.717, 1.165) is 6.26 Å². The van der Waals surface area contributed by atoms with E-state index in [4.69, 9.17) is 0 Å². The fourth-order valence-corrected chi connectivity index (χ4v) is 4.40. The molecule has 0 aliphatic heterocycles. The van der Waals surface area contributed by atoms with Crippen molar-refractivity contribution < 1.29 is 22.4 Å². The quantitative estimate of drug-likeness (QED) is 0.410. The molecule has 2 aromatic carbocycles. The molecular weight excluding hydrogens is 491 g/mol. The highest BCUT2D eigenvalue weighted by Crippen LogP contribution is 2.31. The number of benzene rings is 2. The number of sulfone groups is 1. The molecule has 0 aliphatic carbocycles. The molecule has 0 bridgehead atoms. The van der Waals surface area contributed by atoms with E-state index in [2.05, 4.69) is 15.7 Å². The Kier molecular flexibility index (Phi) is 8.20. The van der Waals surface area contributed by atoms with Crippen molar-refractivity contribution in [2.45, 2.75) is 30.7 Å². The summed E-state index contributed by atoms with van der Waals surface area (Å²) in [7, 11) is -3.40. The monoisotopic (exact) mass is 514 g/mol. The molecule has 188 valence electrons. The van der Waals surface area contributed by atoms with Crippen LogP contribution >= 0.6 is 0 Å². The Labute approximate surface area is 206 Å². The van der Waals surface area contributed by atoms with Crippen molar-refractivity contribution in [3.8, 4) is 16.9 Å². The molecule has 1 unspecified atom stereocenters. The van der Waals surface area contributed by atoms with Crippen LogP contribution < -0.4 is 5.32 Å². The summed E-state index contributed by atoms with van der Waals surface area (Å²) in [4.78, 5) is 45.6. The van der Waals surface area contributed by atoms with E-state index in [1.54, 1.807) is 41.8 Å². The summed E-state index contributed by atoms with van der Waals surface area (Å²) in [6.45, 7) is 1.48. The van der Waals surface area contributed by atoms with Crippen LogP contribution in [-0.4, -0.2) is 43.6 Å². The van der Waals surface area contributed by atoms with Crippen LogP contribution in [0.4, 0.5) is 4.39 Å². The number of nitrogens with zero attached hydrogens (tertiary/aromatic N) is 3. The highest BCUT2D eigenvalue weighted by Gasteiger charge is 2.23. The second-order valence-corrected chi connectivity index (χ2v) is 10.1. The molecule has 3 aromatic rings. The minimum absolute atomic E-state index is 0.145. The first-order valence-corrected chi connectivity index (χ1v) is 12.7. The maximum atomic E-state index is 13.6. The molecule has 0 spiro atoms. The van der Waals surface area contributed by atoms with Crippen LogP contribution in [-0.2, 0) is 25.8 Å². The molecule has 12 heteroatoms. The first-order valence-electron chi connectivity index (χ1n) is 10.8. The van der Waals surface area contributed by atoms with Crippen LogP contribution in [0.3, 0.4) is 0 Å². The third kappa shape index (κ3) is 6.13. The Balaban J connectivity index is 2.00. The average Bonchev–Trinajstić information content (AvgIpc) is 3.16.